The van der Waals surface area contributed by atoms with Crippen molar-refractivity contribution in [1.82, 2.24) is 5.32 Å². The molecule has 0 unspecified atom stereocenters. The van der Waals surface area contributed by atoms with Gasteiger partial charge in [0.1, 0.15) is 4.87 Å². The van der Waals surface area contributed by atoms with Crippen molar-refractivity contribution in [2.45, 2.75) is 30.6 Å². The van der Waals surface area contributed by atoms with Gasteiger partial charge in [-0.25, -0.2) is 0 Å². The lowest BCUT2D eigenvalue weighted by Crippen LogP contribution is -2.47. The van der Waals surface area contributed by atoms with Crippen LogP contribution >= 0.6 is 11.8 Å². The number of hydrogen-bond acceptors (Lipinski definition) is 3. The van der Waals surface area contributed by atoms with Crippen LogP contribution < -0.4 is 5.32 Å². The van der Waals surface area contributed by atoms with Crippen molar-refractivity contribution in [1.29, 1.82) is 0 Å². The third-order valence-electron chi connectivity index (χ3n) is 2.49. The van der Waals surface area contributed by atoms with Crippen LogP contribution in [0.2, 0.25) is 0 Å². The molecule has 1 aliphatic carbocycles. The van der Waals surface area contributed by atoms with Crippen LogP contribution in [0.5, 0.6) is 0 Å². The average molecular weight is 171 g/mol. The molecule has 1 atom stereocenters. The highest BCUT2D eigenvalue weighted by Crippen LogP contribution is 2.37. The minimum Gasteiger partial charge on any atom is -0.297 e. The van der Waals surface area contributed by atoms with Crippen LogP contribution in [0.25, 0.3) is 0 Å². The summed E-state index contributed by atoms with van der Waals surface area (Å²) in [5, 5.41) is 3.34. The van der Waals surface area contributed by atoms with Crippen LogP contribution in [0.4, 0.5) is 0 Å². The Morgan fingerprint density at radius 1 is 1.45 bits per heavy atom. The standard InChI is InChI=1S/C8H13NOS/c10-7-3-1-2-4-8(7)9-5-6-11-8/h9H,1-6H2/t8-/m0/s1. The summed E-state index contributed by atoms with van der Waals surface area (Å²) >= 11 is 1.81. The Kier molecular flexibility index (Phi) is 1.93. The first-order chi connectivity index (χ1) is 5.33. The van der Waals surface area contributed by atoms with Crippen LogP contribution in [0.15, 0.2) is 0 Å². The highest BCUT2D eigenvalue weighted by Gasteiger charge is 2.42. The lowest BCUT2D eigenvalue weighted by molar-refractivity contribution is -0.123. The minimum absolute atomic E-state index is 0.141. The van der Waals surface area contributed by atoms with Crippen molar-refractivity contribution in [3.8, 4) is 0 Å². The molecule has 2 aliphatic rings. The second-order valence-electron chi connectivity index (χ2n) is 3.23. The first-order valence-electron chi connectivity index (χ1n) is 4.26. The Morgan fingerprint density at radius 3 is 3.00 bits per heavy atom. The summed E-state index contributed by atoms with van der Waals surface area (Å²) in [6.07, 6.45) is 4.16. The van der Waals surface area contributed by atoms with Gasteiger partial charge < -0.3 is 0 Å². The first-order valence-corrected chi connectivity index (χ1v) is 5.24. The summed E-state index contributed by atoms with van der Waals surface area (Å²) in [4.78, 5) is 11.4. The van der Waals surface area contributed by atoms with E-state index in [-0.39, 0.29) is 4.87 Å². The molecule has 1 saturated heterocycles. The molecule has 1 N–H and O–H groups in total. The Bertz CT molecular complexity index is 175. The zero-order valence-corrected chi connectivity index (χ0v) is 7.38. The largest absolute Gasteiger partial charge is 0.297 e. The van der Waals surface area contributed by atoms with Crippen molar-refractivity contribution in [2.24, 2.45) is 0 Å². The molecule has 11 heavy (non-hydrogen) atoms. The predicted octanol–water partition coefficient (Wildman–Crippen LogP) is 1.16. The molecule has 0 aromatic carbocycles. The first kappa shape index (κ1) is 7.62. The summed E-state index contributed by atoms with van der Waals surface area (Å²) in [7, 11) is 0. The topological polar surface area (TPSA) is 29.1 Å². The molecule has 0 amide bonds. The molecule has 62 valence electrons. The number of thioether (sulfide) groups is 1. The Hall–Kier alpha value is -0.0200. The van der Waals surface area contributed by atoms with E-state index in [4.69, 9.17) is 0 Å². The Balaban J connectivity index is 2.13. The van der Waals surface area contributed by atoms with Gasteiger partial charge in [-0.1, -0.05) is 0 Å². The Morgan fingerprint density at radius 2 is 2.36 bits per heavy atom. The zero-order valence-electron chi connectivity index (χ0n) is 6.56. The van der Waals surface area contributed by atoms with Gasteiger partial charge >= 0.3 is 0 Å². The summed E-state index contributed by atoms with van der Waals surface area (Å²) in [5.74, 6) is 1.54. The summed E-state index contributed by atoms with van der Waals surface area (Å²) in [6, 6.07) is 0. The molecule has 2 nitrogen and oxygen atoms in total. The number of carbonyl (C=O) groups is 1. The van der Waals surface area contributed by atoms with Gasteiger partial charge in [0, 0.05) is 18.7 Å². The minimum atomic E-state index is -0.141. The van der Waals surface area contributed by atoms with Gasteiger partial charge in [0.05, 0.1) is 0 Å². The van der Waals surface area contributed by atoms with Gasteiger partial charge in [-0.2, -0.15) is 0 Å². The predicted molar refractivity (Wildman–Crippen MR) is 46.7 cm³/mol. The smallest absolute Gasteiger partial charge is 0.163 e. The van der Waals surface area contributed by atoms with Crippen LogP contribution in [-0.2, 0) is 4.79 Å². The lowest BCUT2D eigenvalue weighted by atomic mass is 9.93. The number of nitrogens with one attached hydrogen (secondary N) is 1. The van der Waals surface area contributed by atoms with Gasteiger partial charge in [0.2, 0.25) is 0 Å². The van der Waals surface area contributed by atoms with Crippen LogP contribution in [0.1, 0.15) is 25.7 Å². The molecule has 1 aliphatic heterocycles. The monoisotopic (exact) mass is 171 g/mol. The SMILES string of the molecule is O=C1CCCC[C@@]12NCCS2. The molecule has 1 spiro atoms. The van der Waals surface area contributed by atoms with Crippen molar-refractivity contribution < 1.29 is 4.79 Å². The van der Waals surface area contributed by atoms with E-state index in [0.29, 0.717) is 5.78 Å². The van der Waals surface area contributed by atoms with Gasteiger partial charge in [0.15, 0.2) is 5.78 Å². The number of carbonyl (C=O) groups excluding carboxylic acids is 1. The summed E-state index contributed by atoms with van der Waals surface area (Å²) < 4.78 is 0. The third-order valence-corrected chi connectivity index (χ3v) is 3.97. The third kappa shape index (κ3) is 1.20. The van der Waals surface area contributed by atoms with Gasteiger partial charge in [0.25, 0.3) is 0 Å². The van der Waals surface area contributed by atoms with E-state index in [2.05, 4.69) is 5.32 Å². The number of hydrogen-bond donors (Lipinski definition) is 1. The Labute approximate surface area is 71.1 Å². The lowest BCUT2D eigenvalue weighted by Gasteiger charge is -2.30. The van der Waals surface area contributed by atoms with Crippen LogP contribution in [0, 0.1) is 0 Å². The van der Waals surface area contributed by atoms with Gasteiger partial charge in [-0.3, -0.25) is 10.1 Å². The molecule has 0 aromatic heterocycles. The van der Waals surface area contributed by atoms with E-state index in [9.17, 15) is 4.79 Å². The van der Waals surface area contributed by atoms with E-state index in [1.807, 2.05) is 11.8 Å². The normalized spacial score (nSPS) is 38.4. The zero-order chi connectivity index (χ0) is 7.73. The van der Waals surface area contributed by atoms with E-state index in [1.54, 1.807) is 0 Å². The molecule has 1 saturated carbocycles. The fourth-order valence-electron chi connectivity index (χ4n) is 1.87. The van der Waals surface area contributed by atoms with Crippen molar-refractivity contribution >= 4 is 17.5 Å². The van der Waals surface area contributed by atoms with Crippen LogP contribution in [0.3, 0.4) is 0 Å². The second kappa shape index (κ2) is 2.79. The fraction of sp³-hybridized carbons (Fsp3) is 0.875. The summed E-state index contributed by atoms with van der Waals surface area (Å²) in [5.41, 5.74) is 0. The molecule has 1 heterocycles. The van der Waals surface area contributed by atoms with E-state index in [1.165, 1.54) is 6.42 Å². The van der Waals surface area contributed by atoms with E-state index >= 15 is 0 Å². The highest BCUT2D eigenvalue weighted by atomic mass is 32.2. The van der Waals surface area contributed by atoms with Gasteiger partial charge in [-0.15, -0.1) is 11.8 Å². The molecule has 0 radical (unpaired) electrons. The number of Topliss-reactive ketones (excluding diaryl/α,β-unsaturated/α-hetero) is 1. The van der Waals surface area contributed by atoms with Crippen LogP contribution in [-0.4, -0.2) is 23.0 Å². The maximum Gasteiger partial charge on any atom is 0.163 e. The van der Waals surface area contributed by atoms with E-state index in [0.717, 1.165) is 31.6 Å². The maximum absolute atomic E-state index is 11.5. The summed E-state index contributed by atoms with van der Waals surface area (Å²) in [6.45, 7) is 1.01. The molecule has 0 bridgehead atoms. The molecular weight excluding hydrogens is 158 g/mol. The molecular formula is C8H13NOS. The van der Waals surface area contributed by atoms with Crippen molar-refractivity contribution in [3.63, 3.8) is 0 Å². The maximum atomic E-state index is 11.5. The molecule has 3 heteroatoms. The quantitative estimate of drug-likeness (QED) is 0.593. The molecule has 0 aromatic rings. The van der Waals surface area contributed by atoms with Gasteiger partial charge in [-0.05, 0) is 19.3 Å². The highest BCUT2D eigenvalue weighted by molar-refractivity contribution is 8.01. The fourth-order valence-corrected chi connectivity index (χ4v) is 3.18. The van der Waals surface area contributed by atoms with Crippen molar-refractivity contribution in [2.75, 3.05) is 12.3 Å². The second-order valence-corrected chi connectivity index (χ2v) is 4.63. The molecule has 2 fully saturated rings. The molecule has 2 rings (SSSR count). The van der Waals surface area contributed by atoms with E-state index < -0.39 is 0 Å². The number of rotatable bonds is 0. The van der Waals surface area contributed by atoms with Crippen molar-refractivity contribution in [3.05, 3.63) is 0 Å². The average Bonchev–Trinajstić information content (AvgIpc) is 2.46. The number of ketones is 1.